The average molecular weight is 467 g/mol. The molecule has 8 heteroatoms. The molecule has 1 atom stereocenters. The second-order valence-electron chi connectivity index (χ2n) is 9.37. The normalized spacial score (nSPS) is 19.5. The van der Waals surface area contributed by atoms with Crippen molar-refractivity contribution in [1.82, 2.24) is 10.0 Å². The van der Waals surface area contributed by atoms with E-state index in [4.69, 9.17) is 9.57 Å². The van der Waals surface area contributed by atoms with Crippen LogP contribution in [0.4, 0.5) is 20.6 Å². The Hall–Kier alpha value is -3.26. The molecule has 1 amide bonds. The lowest BCUT2D eigenvalue weighted by atomic mass is 9.98. The Bertz CT molecular complexity index is 1170. The molecule has 2 aromatic carbocycles. The van der Waals surface area contributed by atoms with Gasteiger partial charge in [-0.2, -0.15) is 0 Å². The van der Waals surface area contributed by atoms with Crippen molar-refractivity contribution in [3.63, 3.8) is 0 Å². The Morgan fingerprint density at radius 2 is 1.94 bits per heavy atom. The lowest BCUT2D eigenvalue weighted by Gasteiger charge is -2.33. The number of fused-ring (bicyclic) bond motifs is 1. The van der Waals surface area contributed by atoms with Gasteiger partial charge in [0.05, 0.1) is 12.8 Å². The Morgan fingerprint density at radius 3 is 2.74 bits per heavy atom. The predicted octanol–water partition coefficient (Wildman–Crippen LogP) is 5.50. The van der Waals surface area contributed by atoms with E-state index >= 15 is 0 Å². The van der Waals surface area contributed by atoms with Gasteiger partial charge >= 0.3 is 6.09 Å². The van der Waals surface area contributed by atoms with Crippen LogP contribution in [-0.2, 0) is 4.84 Å². The maximum atomic E-state index is 13.7. The first kappa shape index (κ1) is 22.5. The van der Waals surface area contributed by atoms with Crippen molar-refractivity contribution in [2.75, 3.05) is 43.5 Å². The van der Waals surface area contributed by atoms with Gasteiger partial charge in [-0.15, -0.1) is 5.06 Å². The number of rotatable bonds is 5. The number of halogens is 1. The highest BCUT2D eigenvalue weighted by Crippen LogP contribution is 2.35. The number of carbonyl (C=O) groups excluding carboxylic acids is 1. The van der Waals surface area contributed by atoms with Crippen molar-refractivity contribution in [2.24, 2.45) is 5.92 Å². The van der Waals surface area contributed by atoms with Crippen LogP contribution < -0.4 is 15.0 Å². The number of amides is 1. The maximum Gasteiger partial charge on any atom is 0.430 e. The van der Waals surface area contributed by atoms with E-state index in [2.05, 4.69) is 22.1 Å². The molecule has 0 radical (unpaired) electrons. The van der Waals surface area contributed by atoms with Gasteiger partial charge in [0.1, 0.15) is 11.6 Å². The van der Waals surface area contributed by atoms with Crippen LogP contribution in [0.15, 0.2) is 42.6 Å². The van der Waals surface area contributed by atoms with Crippen molar-refractivity contribution in [2.45, 2.75) is 32.1 Å². The first-order valence-electron chi connectivity index (χ1n) is 11.9. The zero-order valence-electron chi connectivity index (χ0n) is 19.6. The van der Waals surface area contributed by atoms with E-state index in [-0.39, 0.29) is 11.7 Å². The van der Waals surface area contributed by atoms with Crippen LogP contribution in [0.5, 0.6) is 5.75 Å². The van der Waals surface area contributed by atoms with Gasteiger partial charge in [0.2, 0.25) is 0 Å². The molecule has 2 N–H and O–H groups in total. The SMILES string of the molecule is COc1ccc(NC(=O)ON2CCC(c3c[nH]c4ccc(F)cc34)C2)cc1N1CCC(C)CC1. The molecule has 2 fully saturated rings. The molecule has 5 rings (SSSR count). The second kappa shape index (κ2) is 9.54. The minimum Gasteiger partial charge on any atom is -0.495 e. The molecule has 7 nitrogen and oxygen atoms in total. The van der Waals surface area contributed by atoms with Crippen LogP contribution >= 0.6 is 0 Å². The maximum absolute atomic E-state index is 13.7. The zero-order chi connectivity index (χ0) is 23.7. The Balaban J connectivity index is 1.21. The summed E-state index contributed by atoms with van der Waals surface area (Å²) in [5, 5.41) is 5.41. The topological polar surface area (TPSA) is 69.8 Å². The van der Waals surface area contributed by atoms with Gasteiger partial charge in [0.25, 0.3) is 0 Å². The van der Waals surface area contributed by atoms with Gasteiger partial charge in [-0.05, 0) is 67.1 Å². The van der Waals surface area contributed by atoms with E-state index in [0.29, 0.717) is 18.8 Å². The van der Waals surface area contributed by atoms with Gasteiger partial charge in [-0.3, -0.25) is 5.32 Å². The molecule has 2 aliphatic heterocycles. The molecule has 2 saturated heterocycles. The molecular formula is C26H31FN4O3. The molecule has 3 aromatic rings. The molecule has 0 saturated carbocycles. The van der Waals surface area contributed by atoms with Crippen molar-refractivity contribution in [1.29, 1.82) is 0 Å². The Morgan fingerprint density at radius 1 is 1.12 bits per heavy atom. The van der Waals surface area contributed by atoms with Gasteiger partial charge in [0.15, 0.2) is 0 Å². The minimum atomic E-state index is -0.519. The van der Waals surface area contributed by atoms with E-state index < -0.39 is 6.09 Å². The summed E-state index contributed by atoms with van der Waals surface area (Å²) in [4.78, 5) is 23.7. The summed E-state index contributed by atoms with van der Waals surface area (Å²) in [5.41, 5.74) is 3.62. The fourth-order valence-electron chi connectivity index (χ4n) is 5.04. The number of aromatic amines is 1. The molecule has 0 aliphatic carbocycles. The summed E-state index contributed by atoms with van der Waals surface area (Å²) < 4.78 is 19.3. The molecule has 3 heterocycles. The van der Waals surface area contributed by atoms with Crippen molar-refractivity contribution >= 4 is 28.4 Å². The number of H-pyrrole nitrogens is 1. The molecule has 2 aliphatic rings. The molecule has 180 valence electrons. The van der Waals surface area contributed by atoms with Crippen molar-refractivity contribution < 1.29 is 18.8 Å². The lowest BCUT2D eigenvalue weighted by molar-refractivity contribution is -0.0749. The van der Waals surface area contributed by atoms with Crippen molar-refractivity contribution in [3.8, 4) is 5.75 Å². The lowest BCUT2D eigenvalue weighted by Crippen LogP contribution is -2.33. The number of nitrogens with zero attached hydrogens (tertiary/aromatic N) is 2. The number of piperidine rings is 1. The van der Waals surface area contributed by atoms with Gasteiger partial charge in [0, 0.05) is 54.9 Å². The first-order chi connectivity index (χ1) is 16.5. The van der Waals surface area contributed by atoms with E-state index in [0.717, 1.165) is 66.2 Å². The summed E-state index contributed by atoms with van der Waals surface area (Å²) >= 11 is 0. The number of hydrogen-bond acceptors (Lipinski definition) is 5. The number of hydrogen-bond donors (Lipinski definition) is 2. The third-order valence-electron chi connectivity index (χ3n) is 7.03. The highest BCUT2D eigenvalue weighted by Gasteiger charge is 2.29. The molecule has 34 heavy (non-hydrogen) atoms. The van der Waals surface area contributed by atoms with Gasteiger partial charge in [-0.25, -0.2) is 9.18 Å². The van der Waals surface area contributed by atoms with Crippen molar-refractivity contribution in [3.05, 3.63) is 54.0 Å². The third kappa shape index (κ3) is 4.68. The van der Waals surface area contributed by atoms with E-state index in [9.17, 15) is 9.18 Å². The highest BCUT2D eigenvalue weighted by atomic mass is 19.1. The smallest absolute Gasteiger partial charge is 0.430 e. The first-order valence-corrected chi connectivity index (χ1v) is 11.9. The van der Waals surface area contributed by atoms with Crippen LogP contribution in [0.25, 0.3) is 10.9 Å². The number of benzene rings is 2. The molecular weight excluding hydrogens is 435 g/mol. The largest absolute Gasteiger partial charge is 0.495 e. The van der Waals surface area contributed by atoms with Crippen LogP contribution in [-0.4, -0.2) is 49.4 Å². The van der Waals surface area contributed by atoms with Crippen LogP contribution in [0.3, 0.4) is 0 Å². The monoisotopic (exact) mass is 466 g/mol. The quantitative estimate of drug-likeness (QED) is 0.519. The van der Waals surface area contributed by atoms with Crippen LogP contribution in [0, 0.1) is 11.7 Å². The number of methoxy groups -OCH3 is 1. The summed E-state index contributed by atoms with van der Waals surface area (Å²) in [6.07, 6.45) is 4.52. The fraction of sp³-hybridized carbons (Fsp3) is 0.423. The standard InChI is InChI=1S/C26H31FN4O3/c1-17-7-10-30(11-8-17)24-14-20(4-6-25(24)33-2)29-26(32)34-31-12-9-18(16-31)22-15-28-23-5-3-19(27)13-21(22)23/h3-6,13-15,17-18,28H,7-12,16H2,1-2H3,(H,29,32). The number of nitrogens with one attached hydrogen (secondary N) is 2. The summed E-state index contributed by atoms with van der Waals surface area (Å²) in [7, 11) is 1.67. The number of ether oxygens (including phenoxy) is 1. The van der Waals surface area contributed by atoms with Crippen LogP contribution in [0.1, 0.15) is 37.7 Å². The molecule has 1 unspecified atom stereocenters. The Labute approximate surface area is 198 Å². The van der Waals surface area contributed by atoms with Gasteiger partial charge in [-0.1, -0.05) is 6.92 Å². The molecule has 0 bridgehead atoms. The highest BCUT2D eigenvalue weighted by molar-refractivity contribution is 5.86. The predicted molar refractivity (Wildman–Crippen MR) is 131 cm³/mol. The Kier molecular flexibility index (Phi) is 6.32. The average Bonchev–Trinajstić information content (AvgIpc) is 3.46. The molecule has 0 spiro atoms. The molecule has 1 aromatic heterocycles. The van der Waals surface area contributed by atoms with Crippen LogP contribution in [0.2, 0.25) is 0 Å². The van der Waals surface area contributed by atoms with Gasteiger partial charge < -0.3 is 19.5 Å². The fourth-order valence-corrected chi connectivity index (χ4v) is 5.04. The summed E-state index contributed by atoms with van der Waals surface area (Å²) in [5.74, 6) is 1.44. The third-order valence-corrected chi connectivity index (χ3v) is 7.03. The van der Waals surface area contributed by atoms with E-state index in [1.807, 2.05) is 24.4 Å². The second-order valence-corrected chi connectivity index (χ2v) is 9.37. The number of aromatic nitrogens is 1. The number of anilines is 2. The summed E-state index contributed by atoms with van der Waals surface area (Å²) in [6, 6.07) is 10.4. The zero-order valence-corrected chi connectivity index (χ0v) is 19.6. The van der Waals surface area contributed by atoms with E-state index in [1.165, 1.54) is 6.07 Å². The number of carbonyl (C=O) groups is 1. The minimum absolute atomic E-state index is 0.164. The number of hydroxylamine groups is 2. The van der Waals surface area contributed by atoms with E-state index in [1.54, 1.807) is 24.3 Å². The summed E-state index contributed by atoms with van der Waals surface area (Å²) in [6.45, 7) is 5.41.